The molecule has 0 aromatic heterocycles. The molecular weight excluding hydrogens is 237 g/mol. The topological polar surface area (TPSA) is 12.0 Å². The Hall–Kier alpha value is -0.600. The minimum Gasteiger partial charge on any atom is -0.308 e. The Morgan fingerprint density at radius 1 is 1.41 bits per heavy atom. The Morgan fingerprint density at radius 2 is 2.12 bits per heavy atom. The van der Waals surface area contributed by atoms with Crippen molar-refractivity contribution < 1.29 is 4.39 Å². The predicted molar refractivity (Wildman–Crippen MR) is 69.8 cm³/mol. The third-order valence-corrected chi connectivity index (χ3v) is 3.67. The van der Waals surface area contributed by atoms with Gasteiger partial charge in [0.2, 0.25) is 0 Å². The van der Waals surface area contributed by atoms with Crippen molar-refractivity contribution in [3.8, 4) is 0 Å². The van der Waals surface area contributed by atoms with Gasteiger partial charge in [0.1, 0.15) is 5.82 Å². The van der Waals surface area contributed by atoms with Gasteiger partial charge in [0.05, 0.1) is 5.02 Å². The first-order chi connectivity index (χ1) is 8.06. The maximum atomic E-state index is 13.3. The van der Waals surface area contributed by atoms with Gasteiger partial charge in [-0.05, 0) is 43.9 Å². The maximum absolute atomic E-state index is 13.3. The van der Waals surface area contributed by atoms with Crippen LogP contribution in [0, 0.1) is 11.7 Å². The number of hydrogen-bond donors (Lipinski definition) is 1. The zero-order valence-electron chi connectivity index (χ0n) is 10.3. The highest BCUT2D eigenvalue weighted by Crippen LogP contribution is 2.33. The molecule has 2 rings (SSSR count). The van der Waals surface area contributed by atoms with E-state index in [1.54, 1.807) is 6.07 Å². The standard InChI is InChI=1S/C14H19ClFN/c1-9(7-11-3-4-11)17-10(2)12-5-6-13(15)14(16)8-12/h5-6,8-11,17H,3-4,7H2,1-2H3. The average molecular weight is 256 g/mol. The number of benzene rings is 1. The zero-order chi connectivity index (χ0) is 12.4. The molecule has 2 atom stereocenters. The number of hydrogen-bond acceptors (Lipinski definition) is 1. The molecule has 0 amide bonds. The Morgan fingerprint density at radius 3 is 2.71 bits per heavy atom. The van der Waals surface area contributed by atoms with Crippen LogP contribution in [0.3, 0.4) is 0 Å². The van der Waals surface area contributed by atoms with Crippen LogP contribution in [0.5, 0.6) is 0 Å². The molecule has 0 heterocycles. The van der Waals surface area contributed by atoms with E-state index in [4.69, 9.17) is 11.6 Å². The molecule has 2 unspecified atom stereocenters. The third kappa shape index (κ3) is 3.68. The van der Waals surface area contributed by atoms with E-state index < -0.39 is 0 Å². The molecule has 94 valence electrons. The largest absolute Gasteiger partial charge is 0.308 e. The fraction of sp³-hybridized carbons (Fsp3) is 0.571. The van der Waals surface area contributed by atoms with Crippen molar-refractivity contribution in [1.82, 2.24) is 5.32 Å². The average Bonchev–Trinajstić information content (AvgIpc) is 3.05. The summed E-state index contributed by atoms with van der Waals surface area (Å²) >= 11 is 5.67. The first kappa shape index (κ1) is 12.8. The Kier molecular flexibility index (Phi) is 4.05. The van der Waals surface area contributed by atoms with Crippen LogP contribution in [-0.2, 0) is 0 Å². The van der Waals surface area contributed by atoms with Crippen molar-refractivity contribution >= 4 is 11.6 Å². The van der Waals surface area contributed by atoms with Gasteiger partial charge < -0.3 is 5.32 Å². The van der Waals surface area contributed by atoms with E-state index in [0.29, 0.717) is 6.04 Å². The Balaban J connectivity index is 1.93. The summed E-state index contributed by atoms with van der Waals surface area (Å²) < 4.78 is 13.3. The summed E-state index contributed by atoms with van der Waals surface area (Å²) in [5.41, 5.74) is 0.953. The van der Waals surface area contributed by atoms with E-state index in [1.807, 2.05) is 6.07 Å². The molecule has 0 bridgehead atoms. The van der Waals surface area contributed by atoms with Crippen LogP contribution in [0.2, 0.25) is 5.02 Å². The van der Waals surface area contributed by atoms with Crippen molar-refractivity contribution in [2.24, 2.45) is 5.92 Å². The van der Waals surface area contributed by atoms with E-state index in [1.165, 1.54) is 25.3 Å². The molecule has 1 N–H and O–H groups in total. The third-order valence-electron chi connectivity index (χ3n) is 3.36. The second-order valence-electron chi connectivity index (χ2n) is 5.14. The normalized spacial score (nSPS) is 19.1. The van der Waals surface area contributed by atoms with E-state index in [2.05, 4.69) is 19.2 Å². The lowest BCUT2D eigenvalue weighted by Crippen LogP contribution is -2.29. The van der Waals surface area contributed by atoms with Gasteiger partial charge in [-0.3, -0.25) is 0 Å². The van der Waals surface area contributed by atoms with Crippen LogP contribution >= 0.6 is 11.6 Å². The fourth-order valence-electron chi connectivity index (χ4n) is 2.23. The lowest BCUT2D eigenvalue weighted by molar-refractivity contribution is 0.437. The predicted octanol–water partition coefficient (Wildman–Crippen LogP) is 4.32. The summed E-state index contributed by atoms with van der Waals surface area (Å²) in [6, 6.07) is 5.67. The van der Waals surface area contributed by atoms with Crippen LogP contribution < -0.4 is 5.32 Å². The highest BCUT2D eigenvalue weighted by atomic mass is 35.5. The second-order valence-corrected chi connectivity index (χ2v) is 5.55. The summed E-state index contributed by atoms with van der Waals surface area (Å²) in [6.45, 7) is 4.26. The van der Waals surface area contributed by atoms with Gasteiger partial charge >= 0.3 is 0 Å². The van der Waals surface area contributed by atoms with Crippen LogP contribution in [0.15, 0.2) is 18.2 Å². The fourth-order valence-corrected chi connectivity index (χ4v) is 2.34. The number of rotatable bonds is 5. The zero-order valence-corrected chi connectivity index (χ0v) is 11.1. The van der Waals surface area contributed by atoms with Crippen molar-refractivity contribution in [3.05, 3.63) is 34.6 Å². The van der Waals surface area contributed by atoms with Crippen molar-refractivity contribution in [1.29, 1.82) is 0 Å². The molecule has 17 heavy (non-hydrogen) atoms. The smallest absolute Gasteiger partial charge is 0.142 e. The number of nitrogens with one attached hydrogen (secondary N) is 1. The van der Waals surface area contributed by atoms with Gasteiger partial charge in [-0.2, -0.15) is 0 Å². The quantitative estimate of drug-likeness (QED) is 0.826. The molecule has 1 aliphatic rings. The molecule has 1 fully saturated rings. The highest BCUT2D eigenvalue weighted by molar-refractivity contribution is 6.30. The SMILES string of the molecule is CC(CC1CC1)NC(C)c1ccc(Cl)c(F)c1. The molecule has 1 saturated carbocycles. The van der Waals surface area contributed by atoms with Crippen molar-refractivity contribution in [2.75, 3.05) is 0 Å². The molecule has 1 nitrogen and oxygen atoms in total. The first-order valence-electron chi connectivity index (χ1n) is 6.27. The van der Waals surface area contributed by atoms with Gasteiger partial charge in [0.25, 0.3) is 0 Å². The molecule has 0 radical (unpaired) electrons. The molecule has 1 aliphatic carbocycles. The minimum atomic E-state index is -0.340. The summed E-state index contributed by atoms with van der Waals surface area (Å²) in [5.74, 6) is 0.569. The van der Waals surface area contributed by atoms with Gasteiger partial charge in [-0.1, -0.05) is 30.5 Å². The van der Waals surface area contributed by atoms with E-state index >= 15 is 0 Å². The Bertz CT molecular complexity index is 390. The van der Waals surface area contributed by atoms with Crippen LogP contribution in [-0.4, -0.2) is 6.04 Å². The second kappa shape index (κ2) is 5.36. The van der Waals surface area contributed by atoms with Crippen molar-refractivity contribution in [3.63, 3.8) is 0 Å². The summed E-state index contributed by atoms with van der Waals surface area (Å²) in [6.07, 6.45) is 3.96. The maximum Gasteiger partial charge on any atom is 0.142 e. The molecule has 1 aromatic rings. The first-order valence-corrected chi connectivity index (χ1v) is 6.65. The summed E-state index contributed by atoms with van der Waals surface area (Å²) in [4.78, 5) is 0. The summed E-state index contributed by atoms with van der Waals surface area (Å²) in [7, 11) is 0. The van der Waals surface area contributed by atoms with Gasteiger partial charge in [0, 0.05) is 12.1 Å². The molecule has 1 aromatic carbocycles. The monoisotopic (exact) mass is 255 g/mol. The van der Waals surface area contributed by atoms with Gasteiger partial charge in [0.15, 0.2) is 0 Å². The van der Waals surface area contributed by atoms with Crippen molar-refractivity contribution in [2.45, 2.75) is 45.2 Å². The number of halogens is 2. The Labute approximate surface area is 107 Å². The molecular formula is C14H19ClFN. The van der Waals surface area contributed by atoms with Crippen LogP contribution in [0.4, 0.5) is 4.39 Å². The molecule has 0 spiro atoms. The van der Waals surface area contributed by atoms with Gasteiger partial charge in [-0.25, -0.2) is 4.39 Å². The molecule has 3 heteroatoms. The molecule has 0 saturated heterocycles. The van der Waals surface area contributed by atoms with Crippen LogP contribution in [0.25, 0.3) is 0 Å². The lowest BCUT2D eigenvalue weighted by atomic mass is 10.1. The summed E-state index contributed by atoms with van der Waals surface area (Å²) in [5, 5.41) is 3.69. The van der Waals surface area contributed by atoms with Gasteiger partial charge in [-0.15, -0.1) is 0 Å². The highest BCUT2D eigenvalue weighted by Gasteiger charge is 2.24. The van der Waals surface area contributed by atoms with E-state index in [-0.39, 0.29) is 16.9 Å². The molecule has 0 aliphatic heterocycles. The lowest BCUT2D eigenvalue weighted by Gasteiger charge is -2.20. The minimum absolute atomic E-state index is 0.163. The van der Waals surface area contributed by atoms with Crippen LogP contribution in [0.1, 0.15) is 44.7 Å². The van der Waals surface area contributed by atoms with E-state index in [9.17, 15) is 4.39 Å². The van der Waals surface area contributed by atoms with E-state index in [0.717, 1.165) is 11.5 Å².